The van der Waals surface area contributed by atoms with Crippen molar-refractivity contribution in [1.29, 1.82) is 0 Å². The average Bonchev–Trinajstić information content (AvgIpc) is 2.74. The van der Waals surface area contributed by atoms with Gasteiger partial charge in [-0.15, -0.1) is 0 Å². The number of benzene rings is 2. The molecule has 2 aromatic carbocycles. The van der Waals surface area contributed by atoms with Gasteiger partial charge in [0.25, 0.3) is 5.91 Å². The van der Waals surface area contributed by atoms with Crippen molar-refractivity contribution in [2.24, 2.45) is 11.8 Å². The molecule has 1 aliphatic rings. The topological polar surface area (TPSA) is 84.7 Å². The number of amides is 2. The van der Waals surface area contributed by atoms with Crippen LogP contribution in [0.25, 0.3) is 0 Å². The number of likely N-dealkylation sites (tertiary alicyclic amines) is 1. The van der Waals surface area contributed by atoms with Crippen LogP contribution in [0.1, 0.15) is 28.8 Å². The summed E-state index contributed by atoms with van der Waals surface area (Å²) in [5.74, 6) is 5.16. The van der Waals surface area contributed by atoms with Crippen LogP contribution in [-0.4, -0.2) is 36.4 Å². The number of hydrogen-bond acceptors (Lipinski definition) is 4. The van der Waals surface area contributed by atoms with Gasteiger partial charge in [0.15, 0.2) is 0 Å². The van der Waals surface area contributed by atoms with Gasteiger partial charge in [-0.25, -0.2) is 5.84 Å². The number of hydrogen-bond donors (Lipinski definition) is 2. The molecule has 0 radical (unpaired) electrons. The molecular weight excluding hydrogens is 422 g/mol. The Morgan fingerprint density at radius 3 is 2.75 bits per heavy atom. The molecule has 148 valence electrons. The number of rotatable bonds is 6. The van der Waals surface area contributed by atoms with E-state index in [9.17, 15) is 9.59 Å². The van der Waals surface area contributed by atoms with Crippen LogP contribution < -0.4 is 16.0 Å². The second kappa shape index (κ2) is 9.71. The number of carbonyl (C=O) groups is 2. The molecule has 1 aliphatic heterocycles. The monoisotopic (exact) mass is 445 g/mol. The summed E-state index contributed by atoms with van der Waals surface area (Å²) in [6, 6.07) is 15.5. The maximum absolute atomic E-state index is 13.1. The van der Waals surface area contributed by atoms with E-state index in [1.165, 1.54) is 5.56 Å². The fraction of sp³-hybridized carbons (Fsp3) is 0.333. The molecule has 2 aromatic rings. The molecule has 6 nitrogen and oxygen atoms in total. The summed E-state index contributed by atoms with van der Waals surface area (Å²) in [6.07, 6.45) is 2.25. The number of nitrogens with zero attached hydrogens (tertiary/aromatic N) is 1. The highest BCUT2D eigenvalue weighted by Gasteiger charge is 2.29. The Morgan fingerprint density at radius 2 is 2.00 bits per heavy atom. The lowest BCUT2D eigenvalue weighted by Crippen LogP contribution is -2.47. The number of carbonyl (C=O) groups excluding carboxylic acids is 2. The number of nitrogens with two attached hydrogens (primary N) is 1. The van der Waals surface area contributed by atoms with Gasteiger partial charge >= 0.3 is 0 Å². The summed E-state index contributed by atoms with van der Waals surface area (Å²) >= 11 is 3.43. The Labute approximate surface area is 173 Å². The minimum atomic E-state index is -0.280. The molecule has 1 atom stereocenters. The molecule has 0 spiro atoms. The van der Waals surface area contributed by atoms with Crippen molar-refractivity contribution in [3.8, 4) is 5.75 Å². The molecule has 3 rings (SSSR count). The number of ether oxygens (including phenoxy) is 1. The third-order valence-electron chi connectivity index (χ3n) is 4.88. The molecule has 1 saturated heterocycles. The van der Waals surface area contributed by atoms with E-state index in [0.717, 1.165) is 23.7 Å². The Hall–Kier alpha value is -2.38. The lowest BCUT2D eigenvalue weighted by atomic mass is 9.96. The molecule has 3 N–H and O–H groups in total. The van der Waals surface area contributed by atoms with Crippen LogP contribution in [0.4, 0.5) is 0 Å². The zero-order valence-electron chi connectivity index (χ0n) is 15.6. The zero-order chi connectivity index (χ0) is 19.9. The van der Waals surface area contributed by atoms with E-state index in [4.69, 9.17) is 10.6 Å². The predicted octanol–water partition coefficient (Wildman–Crippen LogP) is 2.91. The van der Waals surface area contributed by atoms with Crippen LogP contribution in [0.3, 0.4) is 0 Å². The fourth-order valence-corrected chi connectivity index (χ4v) is 3.74. The smallest absolute Gasteiger partial charge is 0.257 e. The fourth-order valence-electron chi connectivity index (χ4n) is 3.38. The highest BCUT2D eigenvalue weighted by molar-refractivity contribution is 9.10. The Morgan fingerprint density at radius 1 is 1.21 bits per heavy atom. The first-order valence-electron chi connectivity index (χ1n) is 9.34. The second-order valence-corrected chi connectivity index (χ2v) is 7.74. The van der Waals surface area contributed by atoms with Gasteiger partial charge in [0.2, 0.25) is 5.91 Å². The van der Waals surface area contributed by atoms with E-state index in [2.05, 4.69) is 21.4 Å². The van der Waals surface area contributed by atoms with Crippen LogP contribution in [0.2, 0.25) is 0 Å². The van der Waals surface area contributed by atoms with Crippen LogP contribution >= 0.6 is 15.9 Å². The first-order valence-corrected chi connectivity index (χ1v) is 10.1. The second-order valence-electron chi connectivity index (χ2n) is 6.82. The Bertz CT molecular complexity index is 829. The molecule has 1 fully saturated rings. The summed E-state index contributed by atoms with van der Waals surface area (Å²) in [4.78, 5) is 26.7. The van der Waals surface area contributed by atoms with Crippen molar-refractivity contribution in [2.75, 3.05) is 19.7 Å². The lowest BCUT2D eigenvalue weighted by molar-refractivity contribution is -0.126. The van der Waals surface area contributed by atoms with E-state index in [0.29, 0.717) is 31.0 Å². The largest absolute Gasteiger partial charge is 0.492 e. The van der Waals surface area contributed by atoms with Crippen molar-refractivity contribution in [3.63, 3.8) is 0 Å². The number of nitrogens with one attached hydrogen (secondary N) is 1. The normalized spacial score (nSPS) is 16.5. The van der Waals surface area contributed by atoms with Gasteiger partial charge in [-0.3, -0.25) is 15.0 Å². The highest BCUT2D eigenvalue weighted by Crippen LogP contribution is 2.27. The van der Waals surface area contributed by atoms with Crippen molar-refractivity contribution in [1.82, 2.24) is 10.3 Å². The summed E-state index contributed by atoms with van der Waals surface area (Å²) in [7, 11) is 0. The van der Waals surface area contributed by atoms with Crippen LogP contribution in [0, 0.1) is 5.92 Å². The molecule has 2 amide bonds. The van der Waals surface area contributed by atoms with Crippen molar-refractivity contribution in [3.05, 3.63) is 64.1 Å². The van der Waals surface area contributed by atoms with Gasteiger partial charge < -0.3 is 9.64 Å². The first kappa shape index (κ1) is 20.4. The minimum Gasteiger partial charge on any atom is -0.492 e. The van der Waals surface area contributed by atoms with E-state index < -0.39 is 0 Å². The molecule has 28 heavy (non-hydrogen) atoms. The Balaban J connectivity index is 1.70. The van der Waals surface area contributed by atoms with Gasteiger partial charge in [0.1, 0.15) is 5.75 Å². The predicted molar refractivity (Wildman–Crippen MR) is 111 cm³/mol. The molecule has 0 aliphatic carbocycles. The van der Waals surface area contributed by atoms with Gasteiger partial charge in [-0.2, -0.15) is 0 Å². The SMILES string of the molecule is NNC(=O)C1CCCN(C(=O)c2cc(Br)ccc2OCCc2ccccc2)C1. The molecule has 7 heteroatoms. The van der Waals surface area contributed by atoms with E-state index in [1.54, 1.807) is 17.0 Å². The van der Waals surface area contributed by atoms with Crippen LogP contribution in [0.5, 0.6) is 5.75 Å². The maximum Gasteiger partial charge on any atom is 0.257 e. The third kappa shape index (κ3) is 5.11. The van der Waals surface area contributed by atoms with Crippen LogP contribution in [-0.2, 0) is 11.2 Å². The average molecular weight is 446 g/mol. The number of hydrazine groups is 1. The minimum absolute atomic E-state index is 0.134. The van der Waals surface area contributed by atoms with Crippen molar-refractivity contribution < 1.29 is 14.3 Å². The molecule has 1 heterocycles. The highest BCUT2D eigenvalue weighted by atomic mass is 79.9. The molecule has 1 unspecified atom stereocenters. The van der Waals surface area contributed by atoms with Gasteiger partial charge in [-0.05, 0) is 36.6 Å². The standard InChI is InChI=1S/C21H24BrN3O3/c22-17-8-9-19(28-12-10-15-5-2-1-3-6-15)18(13-17)21(27)25-11-4-7-16(14-25)20(26)24-23/h1-3,5-6,8-9,13,16H,4,7,10-12,14,23H2,(H,24,26). The molecule has 0 bridgehead atoms. The lowest BCUT2D eigenvalue weighted by Gasteiger charge is -2.32. The van der Waals surface area contributed by atoms with Gasteiger partial charge in [0, 0.05) is 24.0 Å². The Kier molecular flexibility index (Phi) is 7.06. The van der Waals surface area contributed by atoms with Crippen molar-refractivity contribution in [2.45, 2.75) is 19.3 Å². The van der Waals surface area contributed by atoms with Gasteiger partial charge in [0.05, 0.1) is 18.1 Å². The van der Waals surface area contributed by atoms with Gasteiger partial charge in [-0.1, -0.05) is 46.3 Å². The molecule has 0 aromatic heterocycles. The third-order valence-corrected chi connectivity index (χ3v) is 5.38. The number of piperidine rings is 1. The first-order chi connectivity index (χ1) is 13.6. The summed E-state index contributed by atoms with van der Waals surface area (Å²) in [5, 5.41) is 0. The quantitative estimate of drug-likeness (QED) is 0.406. The summed E-state index contributed by atoms with van der Waals surface area (Å²) in [6.45, 7) is 1.45. The van der Waals surface area contributed by atoms with Crippen LogP contribution in [0.15, 0.2) is 53.0 Å². The zero-order valence-corrected chi connectivity index (χ0v) is 17.2. The number of halogens is 1. The summed E-state index contributed by atoms with van der Waals surface area (Å²) < 4.78 is 6.74. The van der Waals surface area contributed by atoms with E-state index >= 15 is 0 Å². The van der Waals surface area contributed by atoms with E-state index in [1.807, 2.05) is 36.4 Å². The molecule has 0 saturated carbocycles. The molecular formula is C21H24BrN3O3. The van der Waals surface area contributed by atoms with E-state index in [-0.39, 0.29) is 17.7 Å². The summed E-state index contributed by atoms with van der Waals surface area (Å²) in [5.41, 5.74) is 3.87. The maximum atomic E-state index is 13.1. The van der Waals surface area contributed by atoms with Crippen molar-refractivity contribution >= 4 is 27.7 Å².